The van der Waals surface area contributed by atoms with Crippen molar-refractivity contribution < 1.29 is 13.2 Å². The maximum atomic E-state index is 12.8. The molecule has 1 aromatic rings. The number of anilines is 1. The van der Waals surface area contributed by atoms with Crippen molar-refractivity contribution >= 4 is 17.3 Å². The number of nitrogens with one attached hydrogen (secondary N) is 1. The van der Waals surface area contributed by atoms with Crippen LogP contribution in [0.2, 0.25) is 5.02 Å². The van der Waals surface area contributed by atoms with E-state index in [1.54, 1.807) is 13.8 Å². The van der Waals surface area contributed by atoms with Gasteiger partial charge in [-0.25, -0.2) is 0 Å². The summed E-state index contributed by atoms with van der Waals surface area (Å²) in [6.45, 7) is 3.66. The Bertz CT molecular complexity index is 402. The van der Waals surface area contributed by atoms with Crippen molar-refractivity contribution in [3.05, 3.63) is 28.8 Å². The van der Waals surface area contributed by atoms with Gasteiger partial charge in [0.25, 0.3) is 0 Å². The lowest BCUT2D eigenvalue weighted by atomic mass is 10.0. The highest BCUT2D eigenvalue weighted by molar-refractivity contribution is 6.30. The van der Waals surface area contributed by atoms with Gasteiger partial charge in [-0.1, -0.05) is 11.6 Å². The van der Waals surface area contributed by atoms with Gasteiger partial charge >= 0.3 is 6.18 Å². The third-order valence-corrected chi connectivity index (χ3v) is 2.51. The number of rotatable bonds is 3. The number of halogens is 4. The second-order valence-corrected chi connectivity index (χ2v) is 4.84. The van der Waals surface area contributed by atoms with E-state index in [0.717, 1.165) is 6.07 Å². The molecule has 2 nitrogen and oxygen atoms in total. The van der Waals surface area contributed by atoms with E-state index in [-0.39, 0.29) is 17.3 Å². The summed E-state index contributed by atoms with van der Waals surface area (Å²) in [6.07, 6.45) is -4.45. The Labute approximate surface area is 103 Å². The molecule has 0 spiro atoms. The van der Waals surface area contributed by atoms with E-state index in [0.29, 0.717) is 0 Å². The lowest BCUT2D eigenvalue weighted by Gasteiger charge is -2.27. The summed E-state index contributed by atoms with van der Waals surface area (Å²) < 4.78 is 38.3. The first-order valence-electron chi connectivity index (χ1n) is 5.01. The van der Waals surface area contributed by atoms with Gasteiger partial charge in [-0.05, 0) is 32.0 Å². The molecule has 0 heterocycles. The van der Waals surface area contributed by atoms with Crippen LogP contribution in [0.15, 0.2) is 18.2 Å². The normalized spacial score (nSPS) is 12.6. The first-order valence-corrected chi connectivity index (χ1v) is 5.38. The summed E-state index contributed by atoms with van der Waals surface area (Å²) in [6, 6.07) is 3.62. The molecule has 0 atom stereocenters. The van der Waals surface area contributed by atoms with Crippen LogP contribution < -0.4 is 11.1 Å². The van der Waals surface area contributed by atoms with Crippen LogP contribution in [0.5, 0.6) is 0 Å². The number of benzene rings is 1. The third kappa shape index (κ3) is 3.78. The molecule has 0 radical (unpaired) electrons. The van der Waals surface area contributed by atoms with Crippen LogP contribution in [-0.4, -0.2) is 12.1 Å². The Morgan fingerprint density at radius 1 is 1.29 bits per heavy atom. The van der Waals surface area contributed by atoms with E-state index in [4.69, 9.17) is 17.3 Å². The summed E-state index contributed by atoms with van der Waals surface area (Å²) in [5.41, 5.74) is 4.05. The maximum Gasteiger partial charge on any atom is 0.418 e. The number of hydrogen-bond acceptors (Lipinski definition) is 2. The molecule has 17 heavy (non-hydrogen) atoms. The van der Waals surface area contributed by atoms with Gasteiger partial charge in [0, 0.05) is 22.8 Å². The smallest absolute Gasteiger partial charge is 0.378 e. The van der Waals surface area contributed by atoms with Crippen LogP contribution in [0.4, 0.5) is 18.9 Å². The van der Waals surface area contributed by atoms with Gasteiger partial charge in [-0.15, -0.1) is 0 Å². The quantitative estimate of drug-likeness (QED) is 0.879. The Balaban J connectivity index is 3.16. The van der Waals surface area contributed by atoms with Crippen molar-refractivity contribution in [3.63, 3.8) is 0 Å². The van der Waals surface area contributed by atoms with E-state index in [1.807, 2.05) is 0 Å². The van der Waals surface area contributed by atoms with Crippen LogP contribution >= 0.6 is 11.6 Å². The van der Waals surface area contributed by atoms with Gasteiger partial charge in [0.1, 0.15) is 0 Å². The van der Waals surface area contributed by atoms with Gasteiger partial charge < -0.3 is 11.1 Å². The molecule has 1 rings (SSSR count). The number of nitrogens with two attached hydrogens (primary N) is 1. The van der Waals surface area contributed by atoms with Gasteiger partial charge in [0.2, 0.25) is 0 Å². The fraction of sp³-hybridized carbons (Fsp3) is 0.455. The lowest BCUT2D eigenvalue weighted by molar-refractivity contribution is -0.137. The molecule has 0 fully saturated rings. The first-order chi connectivity index (χ1) is 7.65. The maximum absolute atomic E-state index is 12.8. The van der Waals surface area contributed by atoms with E-state index in [1.165, 1.54) is 12.1 Å². The van der Waals surface area contributed by atoms with Gasteiger partial charge in [-0.3, -0.25) is 0 Å². The molecule has 0 unspecified atom stereocenters. The standard InChI is InChI=1S/C11H14ClF3N2/c1-10(2,6-16)17-9-4-3-7(12)5-8(9)11(13,14)15/h3-5,17H,6,16H2,1-2H3. The van der Waals surface area contributed by atoms with E-state index in [2.05, 4.69) is 5.32 Å². The minimum Gasteiger partial charge on any atom is -0.378 e. The Kier molecular flexibility index (Phi) is 3.94. The molecule has 0 aliphatic carbocycles. The van der Waals surface area contributed by atoms with E-state index in [9.17, 15) is 13.2 Å². The monoisotopic (exact) mass is 266 g/mol. The highest BCUT2D eigenvalue weighted by Gasteiger charge is 2.34. The zero-order valence-electron chi connectivity index (χ0n) is 9.53. The zero-order chi connectivity index (χ0) is 13.3. The van der Waals surface area contributed by atoms with Crippen molar-refractivity contribution in [2.45, 2.75) is 25.6 Å². The molecule has 1 aromatic carbocycles. The predicted octanol–water partition coefficient (Wildman–Crippen LogP) is 3.51. The van der Waals surface area contributed by atoms with Crippen molar-refractivity contribution in [2.75, 3.05) is 11.9 Å². The third-order valence-electron chi connectivity index (χ3n) is 2.27. The van der Waals surface area contributed by atoms with Crippen molar-refractivity contribution in [1.29, 1.82) is 0 Å². The molecular formula is C11H14ClF3N2. The average Bonchev–Trinajstić information content (AvgIpc) is 2.19. The molecule has 0 aliphatic heterocycles. The summed E-state index contributed by atoms with van der Waals surface area (Å²) in [5.74, 6) is 0. The molecule has 96 valence electrons. The SMILES string of the molecule is CC(C)(CN)Nc1ccc(Cl)cc1C(F)(F)F. The number of hydrogen-bond donors (Lipinski definition) is 2. The molecule has 0 saturated carbocycles. The second-order valence-electron chi connectivity index (χ2n) is 4.40. The Hall–Kier alpha value is -0.940. The van der Waals surface area contributed by atoms with Gasteiger partial charge in [0.15, 0.2) is 0 Å². The van der Waals surface area contributed by atoms with Crippen molar-refractivity contribution in [3.8, 4) is 0 Å². The van der Waals surface area contributed by atoms with E-state index < -0.39 is 17.3 Å². The van der Waals surface area contributed by atoms with E-state index >= 15 is 0 Å². The topological polar surface area (TPSA) is 38.0 Å². The summed E-state index contributed by atoms with van der Waals surface area (Å²) in [7, 11) is 0. The zero-order valence-corrected chi connectivity index (χ0v) is 10.3. The second kappa shape index (κ2) is 4.74. The van der Waals surface area contributed by atoms with Crippen LogP contribution in [-0.2, 0) is 6.18 Å². The largest absolute Gasteiger partial charge is 0.418 e. The lowest BCUT2D eigenvalue weighted by Crippen LogP contribution is -2.39. The van der Waals surface area contributed by atoms with Crippen LogP contribution in [0, 0.1) is 0 Å². The Morgan fingerprint density at radius 2 is 1.88 bits per heavy atom. The van der Waals surface area contributed by atoms with Crippen molar-refractivity contribution in [2.24, 2.45) is 5.73 Å². The summed E-state index contributed by atoms with van der Waals surface area (Å²) in [5, 5.41) is 2.82. The van der Waals surface area contributed by atoms with Gasteiger partial charge in [0.05, 0.1) is 5.56 Å². The predicted molar refractivity (Wildman–Crippen MR) is 63.2 cm³/mol. The fourth-order valence-corrected chi connectivity index (χ4v) is 1.45. The molecular weight excluding hydrogens is 253 g/mol. The van der Waals surface area contributed by atoms with Gasteiger partial charge in [-0.2, -0.15) is 13.2 Å². The molecule has 0 aliphatic rings. The van der Waals surface area contributed by atoms with Crippen molar-refractivity contribution in [1.82, 2.24) is 0 Å². The molecule has 0 amide bonds. The number of alkyl halides is 3. The minimum atomic E-state index is -4.45. The molecule has 6 heteroatoms. The molecule has 3 N–H and O–H groups in total. The molecule has 0 saturated heterocycles. The Morgan fingerprint density at radius 3 is 2.35 bits per heavy atom. The minimum absolute atomic E-state index is 0.0163. The molecule has 0 aromatic heterocycles. The average molecular weight is 267 g/mol. The summed E-state index contributed by atoms with van der Waals surface area (Å²) >= 11 is 5.58. The van der Waals surface area contributed by atoms with Crippen LogP contribution in [0.3, 0.4) is 0 Å². The fourth-order valence-electron chi connectivity index (χ4n) is 1.28. The molecule has 0 bridgehead atoms. The first kappa shape index (κ1) is 14.1. The summed E-state index contributed by atoms with van der Waals surface area (Å²) in [4.78, 5) is 0. The van der Waals surface area contributed by atoms with Crippen LogP contribution in [0.1, 0.15) is 19.4 Å². The highest BCUT2D eigenvalue weighted by Crippen LogP contribution is 2.37. The highest BCUT2D eigenvalue weighted by atomic mass is 35.5. The van der Waals surface area contributed by atoms with Crippen LogP contribution in [0.25, 0.3) is 0 Å².